The van der Waals surface area contributed by atoms with E-state index in [2.05, 4.69) is 21.8 Å². The van der Waals surface area contributed by atoms with E-state index in [-0.39, 0.29) is 0 Å². The van der Waals surface area contributed by atoms with Crippen LogP contribution in [0.25, 0.3) is 0 Å². The zero-order valence-corrected chi connectivity index (χ0v) is 11.6. The highest BCUT2D eigenvalue weighted by Crippen LogP contribution is 2.25. The van der Waals surface area contributed by atoms with Crippen LogP contribution in [0.3, 0.4) is 0 Å². The first-order chi connectivity index (χ1) is 8.79. The van der Waals surface area contributed by atoms with Gasteiger partial charge >= 0.3 is 0 Å². The Morgan fingerprint density at radius 2 is 2.17 bits per heavy atom. The van der Waals surface area contributed by atoms with E-state index in [1.165, 1.54) is 4.88 Å². The number of hydrogen-bond acceptors (Lipinski definition) is 5. The van der Waals surface area contributed by atoms with Crippen molar-refractivity contribution in [1.82, 2.24) is 9.97 Å². The largest absolute Gasteiger partial charge is 0.320 e. The van der Waals surface area contributed by atoms with Gasteiger partial charge in [0, 0.05) is 28.6 Å². The topological polar surface area (TPSA) is 51.8 Å². The van der Waals surface area contributed by atoms with Crippen LogP contribution in [0.4, 0.5) is 0 Å². The fourth-order valence-corrected chi connectivity index (χ4v) is 3.03. The molecule has 0 unspecified atom stereocenters. The summed E-state index contributed by atoms with van der Waals surface area (Å²) in [7, 11) is 0. The molecule has 0 atom stereocenters. The molecule has 0 bridgehead atoms. The van der Waals surface area contributed by atoms with Crippen molar-refractivity contribution in [2.75, 3.05) is 6.54 Å². The molecule has 0 radical (unpaired) electrons. The van der Waals surface area contributed by atoms with Crippen molar-refractivity contribution in [3.8, 4) is 11.8 Å². The van der Waals surface area contributed by atoms with E-state index in [1.54, 1.807) is 23.1 Å². The fraction of sp³-hybridized carbons (Fsp3) is 0.231. The molecular formula is C13H13N3S2. The first-order valence-electron chi connectivity index (χ1n) is 5.46. The highest BCUT2D eigenvalue weighted by Gasteiger charge is 2.04. The molecule has 0 aromatic carbocycles. The van der Waals surface area contributed by atoms with Crippen molar-refractivity contribution >= 4 is 23.1 Å². The molecule has 0 aliphatic carbocycles. The zero-order valence-electron chi connectivity index (χ0n) is 10.0. The molecule has 2 heterocycles. The van der Waals surface area contributed by atoms with Crippen LogP contribution in [-0.2, 0) is 5.75 Å². The van der Waals surface area contributed by atoms with Crippen LogP contribution >= 0.6 is 23.1 Å². The van der Waals surface area contributed by atoms with Gasteiger partial charge in [0.15, 0.2) is 5.16 Å². The van der Waals surface area contributed by atoms with Crippen LogP contribution in [0.15, 0.2) is 29.0 Å². The number of thiophene rings is 1. The summed E-state index contributed by atoms with van der Waals surface area (Å²) in [6.45, 7) is 2.37. The Morgan fingerprint density at radius 1 is 1.39 bits per heavy atom. The van der Waals surface area contributed by atoms with Gasteiger partial charge < -0.3 is 5.73 Å². The lowest BCUT2D eigenvalue weighted by Crippen LogP contribution is -1.93. The average Bonchev–Trinajstić information content (AvgIpc) is 2.83. The fourth-order valence-electron chi connectivity index (χ4n) is 1.30. The van der Waals surface area contributed by atoms with Gasteiger partial charge in [-0.15, -0.1) is 11.3 Å². The standard InChI is InChI=1S/C13H13N3S2/c1-10-7-15-13(16-8-10)18-9-12-11(3-2-5-14)4-6-17-12/h4,6-8H,5,9,14H2,1H3. The second-order valence-corrected chi connectivity index (χ2v) is 5.54. The molecule has 0 aliphatic rings. The Hall–Kier alpha value is -1.35. The van der Waals surface area contributed by atoms with E-state index in [9.17, 15) is 0 Å². The van der Waals surface area contributed by atoms with Gasteiger partial charge in [0.2, 0.25) is 0 Å². The summed E-state index contributed by atoms with van der Waals surface area (Å²) in [5.74, 6) is 6.80. The number of aromatic nitrogens is 2. The second-order valence-electron chi connectivity index (χ2n) is 3.60. The normalized spacial score (nSPS) is 9.89. The number of rotatable bonds is 3. The van der Waals surface area contributed by atoms with Crippen molar-refractivity contribution in [2.45, 2.75) is 17.8 Å². The molecule has 0 spiro atoms. The molecule has 0 saturated heterocycles. The van der Waals surface area contributed by atoms with E-state index >= 15 is 0 Å². The number of hydrogen-bond donors (Lipinski definition) is 1. The summed E-state index contributed by atoms with van der Waals surface area (Å²) in [4.78, 5) is 9.78. The molecule has 0 aliphatic heterocycles. The van der Waals surface area contributed by atoms with Crippen LogP contribution in [-0.4, -0.2) is 16.5 Å². The molecule has 0 saturated carbocycles. The monoisotopic (exact) mass is 275 g/mol. The molecule has 2 N–H and O–H groups in total. The van der Waals surface area contributed by atoms with Crippen LogP contribution in [0.5, 0.6) is 0 Å². The quantitative estimate of drug-likeness (QED) is 0.531. The first kappa shape index (κ1) is 13.1. The van der Waals surface area contributed by atoms with Gasteiger partial charge in [0.25, 0.3) is 0 Å². The number of thioether (sulfide) groups is 1. The molecule has 0 fully saturated rings. The number of nitrogens with two attached hydrogens (primary N) is 1. The van der Waals surface area contributed by atoms with Crippen molar-refractivity contribution < 1.29 is 0 Å². The maximum absolute atomic E-state index is 5.38. The van der Waals surface area contributed by atoms with E-state index in [0.717, 1.165) is 22.0 Å². The molecule has 0 amide bonds. The average molecular weight is 275 g/mol. The number of aryl methyl sites for hydroxylation is 1. The second kappa shape index (κ2) is 6.55. The van der Waals surface area contributed by atoms with Gasteiger partial charge in [-0.25, -0.2) is 9.97 Å². The highest BCUT2D eigenvalue weighted by molar-refractivity contribution is 7.98. The Morgan fingerprint density at radius 3 is 2.89 bits per heavy atom. The predicted octanol–water partition coefficient (Wildman–Crippen LogP) is 2.45. The first-order valence-corrected chi connectivity index (χ1v) is 7.33. The Balaban J connectivity index is 2.02. The summed E-state index contributed by atoms with van der Waals surface area (Å²) in [5.41, 5.74) is 7.51. The van der Waals surface area contributed by atoms with Gasteiger partial charge in [-0.1, -0.05) is 23.6 Å². The summed E-state index contributed by atoms with van der Waals surface area (Å²) >= 11 is 3.33. The molecular weight excluding hydrogens is 262 g/mol. The van der Waals surface area contributed by atoms with Crippen LogP contribution in [0, 0.1) is 18.8 Å². The van der Waals surface area contributed by atoms with Gasteiger partial charge in [-0.3, -0.25) is 0 Å². The minimum Gasteiger partial charge on any atom is -0.320 e. The van der Waals surface area contributed by atoms with Crippen molar-refractivity contribution in [1.29, 1.82) is 0 Å². The minimum absolute atomic E-state index is 0.392. The highest BCUT2D eigenvalue weighted by atomic mass is 32.2. The number of nitrogens with zero attached hydrogens (tertiary/aromatic N) is 2. The smallest absolute Gasteiger partial charge is 0.187 e. The summed E-state index contributed by atoms with van der Waals surface area (Å²) < 4.78 is 0. The molecule has 2 rings (SSSR count). The summed E-state index contributed by atoms with van der Waals surface area (Å²) in [6.07, 6.45) is 3.66. The van der Waals surface area contributed by atoms with Crippen LogP contribution < -0.4 is 5.73 Å². The maximum Gasteiger partial charge on any atom is 0.187 e. The predicted molar refractivity (Wildman–Crippen MR) is 76.6 cm³/mol. The van der Waals surface area contributed by atoms with Gasteiger partial charge in [-0.2, -0.15) is 0 Å². The molecule has 3 nitrogen and oxygen atoms in total. The third kappa shape index (κ3) is 3.57. The van der Waals surface area contributed by atoms with E-state index in [1.807, 2.05) is 30.8 Å². The summed E-state index contributed by atoms with van der Waals surface area (Å²) in [6, 6.07) is 2.03. The SMILES string of the molecule is Cc1cnc(SCc2sccc2C#CCN)nc1. The van der Waals surface area contributed by atoms with Crippen LogP contribution in [0.1, 0.15) is 16.0 Å². The Kier molecular flexibility index (Phi) is 4.76. The molecule has 2 aromatic heterocycles. The van der Waals surface area contributed by atoms with Crippen molar-refractivity contribution in [3.63, 3.8) is 0 Å². The third-order valence-electron chi connectivity index (χ3n) is 2.16. The Labute approximate surface area is 115 Å². The molecule has 92 valence electrons. The van der Waals surface area contributed by atoms with Crippen LogP contribution in [0.2, 0.25) is 0 Å². The maximum atomic E-state index is 5.38. The van der Waals surface area contributed by atoms with E-state index in [4.69, 9.17) is 5.73 Å². The Bertz CT molecular complexity index is 564. The molecule has 5 heteroatoms. The van der Waals surface area contributed by atoms with Gasteiger partial charge in [-0.05, 0) is 23.9 Å². The van der Waals surface area contributed by atoms with Gasteiger partial charge in [0.05, 0.1) is 6.54 Å². The zero-order chi connectivity index (χ0) is 12.8. The van der Waals surface area contributed by atoms with Crippen molar-refractivity contribution in [3.05, 3.63) is 39.8 Å². The lowest BCUT2D eigenvalue weighted by atomic mass is 10.3. The lowest BCUT2D eigenvalue weighted by Gasteiger charge is -1.99. The summed E-state index contributed by atoms with van der Waals surface area (Å²) in [5, 5.41) is 2.85. The minimum atomic E-state index is 0.392. The van der Waals surface area contributed by atoms with E-state index in [0.29, 0.717) is 6.54 Å². The molecule has 18 heavy (non-hydrogen) atoms. The lowest BCUT2D eigenvalue weighted by molar-refractivity contribution is 0.950. The molecule has 2 aromatic rings. The van der Waals surface area contributed by atoms with Gasteiger partial charge in [0.1, 0.15) is 0 Å². The van der Waals surface area contributed by atoms with Crippen molar-refractivity contribution in [2.24, 2.45) is 5.73 Å². The van der Waals surface area contributed by atoms with E-state index < -0.39 is 0 Å². The third-order valence-corrected chi connectivity index (χ3v) is 4.17.